The highest BCUT2D eigenvalue weighted by molar-refractivity contribution is 5.47. The van der Waals surface area contributed by atoms with Crippen LogP contribution in [-0.2, 0) is 5.60 Å². The highest BCUT2D eigenvalue weighted by Gasteiger charge is 2.40. The molecule has 3 rings (SSSR count). The Balaban J connectivity index is 2.23. The second-order valence-electron chi connectivity index (χ2n) is 6.56. The van der Waals surface area contributed by atoms with Crippen molar-refractivity contribution in [3.8, 4) is 11.5 Å². The lowest BCUT2D eigenvalue weighted by Crippen LogP contribution is -2.40. The van der Waals surface area contributed by atoms with Crippen LogP contribution in [0.2, 0.25) is 0 Å². The fourth-order valence-electron chi connectivity index (χ4n) is 3.41. The van der Waals surface area contributed by atoms with E-state index in [1.165, 1.54) is 0 Å². The van der Waals surface area contributed by atoms with Gasteiger partial charge in [-0.1, -0.05) is 48.5 Å². The topological polar surface area (TPSA) is 64.7 Å². The van der Waals surface area contributed by atoms with Gasteiger partial charge in [0, 0.05) is 0 Å². The maximum absolute atomic E-state index is 12.0. The van der Waals surface area contributed by atoms with Crippen LogP contribution >= 0.6 is 0 Å². The largest absolute Gasteiger partial charge is 0.497 e. The van der Waals surface area contributed by atoms with Gasteiger partial charge in [-0.2, -0.15) is 0 Å². The first-order valence-corrected chi connectivity index (χ1v) is 8.83. The standard InChI is InChI=1S/C23H25NO3/c1-16-8-4-5-13-21(16)22(24)23(25,17-9-6-11-19(14-17)26-2)18-10-7-12-20(15-18)27-3/h4-15,22,25H,24H2,1-3H3. The number of ether oxygens (including phenoxy) is 2. The van der Waals surface area contributed by atoms with Gasteiger partial charge in [-0.3, -0.25) is 0 Å². The summed E-state index contributed by atoms with van der Waals surface area (Å²) in [6.45, 7) is 1.99. The molecule has 0 aliphatic heterocycles. The van der Waals surface area contributed by atoms with E-state index in [9.17, 15) is 5.11 Å². The third-order valence-electron chi connectivity index (χ3n) is 4.99. The van der Waals surface area contributed by atoms with Crippen LogP contribution in [0.25, 0.3) is 0 Å². The van der Waals surface area contributed by atoms with E-state index in [4.69, 9.17) is 15.2 Å². The molecular formula is C23H25NO3. The molecule has 1 unspecified atom stereocenters. The summed E-state index contributed by atoms with van der Waals surface area (Å²) in [7, 11) is 3.20. The van der Waals surface area contributed by atoms with Gasteiger partial charge in [-0.05, 0) is 53.4 Å². The summed E-state index contributed by atoms with van der Waals surface area (Å²) >= 11 is 0. The zero-order valence-electron chi connectivity index (χ0n) is 15.8. The molecule has 0 heterocycles. The monoisotopic (exact) mass is 363 g/mol. The number of nitrogens with two attached hydrogens (primary N) is 1. The van der Waals surface area contributed by atoms with Crippen molar-refractivity contribution in [3.05, 3.63) is 95.1 Å². The van der Waals surface area contributed by atoms with Crippen molar-refractivity contribution in [2.24, 2.45) is 5.73 Å². The Morgan fingerprint density at radius 2 is 1.33 bits per heavy atom. The van der Waals surface area contributed by atoms with Gasteiger partial charge in [0.1, 0.15) is 17.1 Å². The predicted molar refractivity (Wildman–Crippen MR) is 107 cm³/mol. The summed E-state index contributed by atoms with van der Waals surface area (Å²) in [6, 6.07) is 21.9. The molecule has 0 bridgehead atoms. The van der Waals surface area contributed by atoms with Crippen molar-refractivity contribution >= 4 is 0 Å². The van der Waals surface area contributed by atoms with E-state index < -0.39 is 11.6 Å². The first-order valence-electron chi connectivity index (χ1n) is 8.83. The van der Waals surface area contributed by atoms with Gasteiger partial charge in [-0.25, -0.2) is 0 Å². The Kier molecular flexibility index (Phi) is 5.49. The van der Waals surface area contributed by atoms with Crippen LogP contribution in [0.1, 0.15) is 28.3 Å². The van der Waals surface area contributed by atoms with Crippen LogP contribution in [0.3, 0.4) is 0 Å². The van der Waals surface area contributed by atoms with E-state index in [0.717, 1.165) is 11.1 Å². The minimum absolute atomic E-state index is 0.658. The van der Waals surface area contributed by atoms with Gasteiger partial charge in [0.15, 0.2) is 0 Å². The third-order valence-corrected chi connectivity index (χ3v) is 4.99. The van der Waals surface area contributed by atoms with Crippen molar-refractivity contribution in [2.75, 3.05) is 14.2 Å². The van der Waals surface area contributed by atoms with E-state index in [-0.39, 0.29) is 0 Å². The van der Waals surface area contributed by atoms with Crippen molar-refractivity contribution in [3.63, 3.8) is 0 Å². The van der Waals surface area contributed by atoms with Crippen molar-refractivity contribution in [1.29, 1.82) is 0 Å². The lowest BCUT2D eigenvalue weighted by atomic mass is 9.76. The predicted octanol–water partition coefficient (Wildman–Crippen LogP) is 3.95. The molecule has 0 aliphatic carbocycles. The number of rotatable bonds is 6. The minimum Gasteiger partial charge on any atom is -0.497 e. The van der Waals surface area contributed by atoms with Gasteiger partial charge in [0.2, 0.25) is 0 Å². The molecule has 3 N–H and O–H groups in total. The Bertz CT molecular complexity index is 875. The summed E-state index contributed by atoms with van der Waals surface area (Å²) in [5.41, 5.74) is 8.45. The van der Waals surface area contributed by atoms with Crippen LogP contribution in [0.15, 0.2) is 72.8 Å². The molecule has 3 aromatic rings. The number of benzene rings is 3. The maximum Gasteiger partial charge on any atom is 0.134 e. The fraction of sp³-hybridized carbons (Fsp3) is 0.217. The molecule has 1 atom stereocenters. The van der Waals surface area contributed by atoms with E-state index in [1.807, 2.05) is 79.7 Å². The van der Waals surface area contributed by atoms with Crippen LogP contribution in [0.5, 0.6) is 11.5 Å². The van der Waals surface area contributed by atoms with Gasteiger partial charge < -0.3 is 20.3 Å². The lowest BCUT2D eigenvalue weighted by Gasteiger charge is -2.36. The SMILES string of the molecule is COc1cccc(C(O)(c2cccc(OC)c2)C(N)c2ccccc2C)c1. The number of aliphatic hydroxyl groups is 1. The highest BCUT2D eigenvalue weighted by Crippen LogP contribution is 2.42. The van der Waals surface area contributed by atoms with Crippen LogP contribution < -0.4 is 15.2 Å². The molecule has 4 heteroatoms. The summed E-state index contributed by atoms with van der Waals surface area (Å²) in [6.07, 6.45) is 0. The van der Waals surface area contributed by atoms with Crippen LogP contribution in [0, 0.1) is 6.92 Å². The molecule has 4 nitrogen and oxygen atoms in total. The molecule has 27 heavy (non-hydrogen) atoms. The first kappa shape index (κ1) is 19.0. The zero-order chi connectivity index (χ0) is 19.4. The highest BCUT2D eigenvalue weighted by atomic mass is 16.5. The fourth-order valence-corrected chi connectivity index (χ4v) is 3.41. The quantitative estimate of drug-likeness (QED) is 0.696. The molecular weight excluding hydrogens is 338 g/mol. The van der Waals surface area contributed by atoms with Gasteiger partial charge in [0.05, 0.1) is 20.3 Å². The number of hydrogen-bond donors (Lipinski definition) is 2. The van der Waals surface area contributed by atoms with Gasteiger partial charge in [0.25, 0.3) is 0 Å². The number of methoxy groups -OCH3 is 2. The van der Waals surface area contributed by atoms with Gasteiger partial charge >= 0.3 is 0 Å². The van der Waals surface area contributed by atoms with Crippen molar-refractivity contribution in [1.82, 2.24) is 0 Å². The van der Waals surface area contributed by atoms with E-state index >= 15 is 0 Å². The molecule has 0 spiro atoms. The third kappa shape index (κ3) is 3.54. The lowest BCUT2D eigenvalue weighted by molar-refractivity contribution is 0.0506. The molecule has 0 saturated heterocycles. The van der Waals surface area contributed by atoms with Crippen molar-refractivity contribution < 1.29 is 14.6 Å². The average molecular weight is 363 g/mol. The summed E-state index contributed by atoms with van der Waals surface area (Å²) in [5.74, 6) is 1.32. The van der Waals surface area contributed by atoms with E-state index in [0.29, 0.717) is 22.6 Å². The average Bonchev–Trinajstić information content (AvgIpc) is 2.73. The summed E-state index contributed by atoms with van der Waals surface area (Å²) in [4.78, 5) is 0. The molecule has 0 aromatic heterocycles. The van der Waals surface area contributed by atoms with Gasteiger partial charge in [-0.15, -0.1) is 0 Å². The summed E-state index contributed by atoms with van der Waals surface area (Å²) < 4.78 is 10.7. The first-order chi connectivity index (χ1) is 13.0. The molecule has 3 aromatic carbocycles. The second kappa shape index (κ2) is 7.82. The molecule has 140 valence electrons. The smallest absolute Gasteiger partial charge is 0.134 e. The zero-order valence-corrected chi connectivity index (χ0v) is 15.8. The Hall–Kier alpha value is -2.82. The van der Waals surface area contributed by atoms with Crippen LogP contribution in [0.4, 0.5) is 0 Å². The molecule has 0 fully saturated rings. The minimum atomic E-state index is -1.46. The van der Waals surface area contributed by atoms with E-state index in [1.54, 1.807) is 14.2 Å². The normalized spacial score (nSPS) is 12.5. The molecule has 0 radical (unpaired) electrons. The number of aryl methyl sites for hydroxylation is 1. The Morgan fingerprint density at radius 3 is 1.81 bits per heavy atom. The second-order valence-corrected chi connectivity index (χ2v) is 6.56. The summed E-state index contributed by atoms with van der Waals surface area (Å²) in [5, 5.41) is 12.0. The molecule has 0 aliphatic rings. The Labute approximate surface area is 160 Å². The van der Waals surface area contributed by atoms with Crippen molar-refractivity contribution in [2.45, 2.75) is 18.6 Å². The maximum atomic E-state index is 12.0. The number of hydrogen-bond acceptors (Lipinski definition) is 4. The molecule has 0 amide bonds. The van der Waals surface area contributed by atoms with E-state index in [2.05, 4.69) is 0 Å². The Morgan fingerprint density at radius 1 is 0.815 bits per heavy atom. The van der Waals surface area contributed by atoms with Crippen LogP contribution in [-0.4, -0.2) is 19.3 Å². The molecule has 0 saturated carbocycles.